The third-order valence-electron chi connectivity index (χ3n) is 4.48. The first kappa shape index (κ1) is 17.4. The summed E-state index contributed by atoms with van der Waals surface area (Å²) in [6, 6.07) is 6.41. The molecule has 2 unspecified atom stereocenters. The predicted octanol–water partition coefficient (Wildman–Crippen LogP) is 1.91. The molecule has 132 valence electrons. The minimum Gasteiger partial charge on any atom is -0.480 e. The molecule has 3 rings (SSSR count). The number of aliphatic carboxylic acids is 1. The molecule has 2 heterocycles. The van der Waals surface area contributed by atoms with Crippen molar-refractivity contribution < 1.29 is 14.7 Å². The summed E-state index contributed by atoms with van der Waals surface area (Å²) in [4.78, 5) is 26.0. The van der Waals surface area contributed by atoms with Crippen LogP contribution in [0.3, 0.4) is 0 Å². The van der Waals surface area contributed by atoms with Crippen molar-refractivity contribution in [3.05, 3.63) is 46.5 Å². The maximum absolute atomic E-state index is 12.9. The van der Waals surface area contributed by atoms with Crippen molar-refractivity contribution in [1.29, 1.82) is 0 Å². The van der Waals surface area contributed by atoms with Crippen LogP contribution in [0.25, 0.3) is 0 Å². The van der Waals surface area contributed by atoms with Crippen LogP contribution in [-0.2, 0) is 29.1 Å². The Bertz CT molecular complexity index is 820. The van der Waals surface area contributed by atoms with Crippen LogP contribution in [-0.4, -0.2) is 42.7 Å². The van der Waals surface area contributed by atoms with Crippen LogP contribution in [0.4, 0.5) is 0 Å². The van der Waals surface area contributed by atoms with Crippen LogP contribution in [0.2, 0.25) is 5.02 Å². The first-order valence-corrected chi connectivity index (χ1v) is 8.41. The van der Waals surface area contributed by atoms with Gasteiger partial charge in [0.05, 0.1) is 13.1 Å². The van der Waals surface area contributed by atoms with Crippen molar-refractivity contribution in [2.24, 2.45) is 5.92 Å². The highest BCUT2D eigenvalue weighted by molar-refractivity contribution is 6.30. The second-order valence-electron chi connectivity index (χ2n) is 6.33. The molecular weight excluding hydrogens is 344 g/mol. The first-order valence-electron chi connectivity index (χ1n) is 8.03. The predicted molar refractivity (Wildman–Crippen MR) is 91.1 cm³/mol. The molecule has 1 aromatic carbocycles. The normalized spacial score (nSPS) is 17.9. The highest BCUT2D eigenvalue weighted by Crippen LogP contribution is 2.22. The number of benzene rings is 1. The number of fused-ring (bicyclic) bond motifs is 1. The van der Waals surface area contributed by atoms with E-state index in [0.29, 0.717) is 23.1 Å². The van der Waals surface area contributed by atoms with Crippen LogP contribution in [0, 0.1) is 12.8 Å². The second-order valence-corrected chi connectivity index (χ2v) is 6.77. The molecule has 0 radical (unpaired) electrons. The molecule has 0 fully saturated rings. The molecule has 1 N–H and O–H groups in total. The second kappa shape index (κ2) is 6.84. The van der Waals surface area contributed by atoms with Crippen molar-refractivity contribution >= 4 is 23.5 Å². The maximum Gasteiger partial charge on any atom is 0.328 e. The molecule has 7 nitrogen and oxygen atoms in total. The van der Waals surface area contributed by atoms with E-state index in [4.69, 9.17) is 11.6 Å². The molecule has 1 aliphatic heterocycles. The summed E-state index contributed by atoms with van der Waals surface area (Å²) < 4.78 is 1.75. The minimum atomic E-state index is -1.03. The Kier molecular flexibility index (Phi) is 4.76. The number of nitrogens with zero attached hydrogens (tertiary/aromatic N) is 4. The molecule has 0 saturated heterocycles. The lowest BCUT2D eigenvalue weighted by molar-refractivity contribution is -0.154. The lowest BCUT2D eigenvalue weighted by Gasteiger charge is -2.35. The molecule has 8 heteroatoms. The van der Waals surface area contributed by atoms with Crippen LogP contribution >= 0.6 is 11.6 Å². The third kappa shape index (κ3) is 3.51. The number of aromatic nitrogens is 3. The van der Waals surface area contributed by atoms with Gasteiger partial charge in [-0.3, -0.25) is 4.79 Å². The monoisotopic (exact) mass is 362 g/mol. The molecule has 1 amide bonds. The first-order chi connectivity index (χ1) is 11.9. The number of carboxylic acids is 1. The van der Waals surface area contributed by atoms with Gasteiger partial charge in [-0.1, -0.05) is 30.7 Å². The van der Waals surface area contributed by atoms with Gasteiger partial charge >= 0.3 is 5.97 Å². The number of carbonyl (C=O) groups excluding carboxylic acids is 1. The zero-order chi connectivity index (χ0) is 18.1. The lowest BCUT2D eigenvalue weighted by atomic mass is 9.98. The summed E-state index contributed by atoms with van der Waals surface area (Å²) in [7, 11) is 0. The Morgan fingerprint density at radius 3 is 2.84 bits per heavy atom. The Balaban J connectivity index is 1.80. The molecule has 2 aromatic rings. The van der Waals surface area contributed by atoms with E-state index in [-0.39, 0.29) is 24.9 Å². The van der Waals surface area contributed by atoms with Crippen LogP contribution in [0.1, 0.15) is 24.1 Å². The summed E-state index contributed by atoms with van der Waals surface area (Å²) in [5.41, 5.74) is 0.941. The van der Waals surface area contributed by atoms with E-state index in [1.165, 1.54) is 4.90 Å². The van der Waals surface area contributed by atoms with Gasteiger partial charge in [-0.25, -0.2) is 4.79 Å². The van der Waals surface area contributed by atoms with E-state index in [1.807, 2.05) is 18.2 Å². The van der Waals surface area contributed by atoms with E-state index in [1.54, 1.807) is 24.5 Å². The number of hydrogen-bond acceptors (Lipinski definition) is 4. The number of amides is 1. The minimum absolute atomic E-state index is 0.149. The van der Waals surface area contributed by atoms with Gasteiger partial charge in [0, 0.05) is 10.9 Å². The SMILES string of the molecule is Cc1nnc2n1CC(C(=O)O)N(C(=O)C(C)Cc1cccc(Cl)c1)C2. The topological polar surface area (TPSA) is 88.3 Å². The number of halogens is 1. The Labute approximate surface area is 150 Å². The summed E-state index contributed by atoms with van der Waals surface area (Å²) in [5, 5.41) is 18.2. The van der Waals surface area contributed by atoms with Gasteiger partial charge in [0.15, 0.2) is 5.82 Å². The molecule has 1 aliphatic rings. The highest BCUT2D eigenvalue weighted by Gasteiger charge is 2.37. The van der Waals surface area contributed by atoms with E-state index in [2.05, 4.69) is 10.2 Å². The molecule has 0 spiro atoms. The van der Waals surface area contributed by atoms with Gasteiger partial charge in [0.2, 0.25) is 5.91 Å². The molecule has 25 heavy (non-hydrogen) atoms. The standard InChI is InChI=1S/C17H19ClN4O3/c1-10(6-12-4-3-5-13(18)7-12)16(23)22-9-15-20-19-11(2)21(15)8-14(22)17(24)25/h3-5,7,10,14H,6,8-9H2,1-2H3,(H,24,25). The zero-order valence-electron chi connectivity index (χ0n) is 14.0. The fourth-order valence-corrected chi connectivity index (χ4v) is 3.36. The van der Waals surface area contributed by atoms with Crippen molar-refractivity contribution in [1.82, 2.24) is 19.7 Å². The maximum atomic E-state index is 12.9. The van der Waals surface area contributed by atoms with Gasteiger partial charge in [0.25, 0.3) is 0 Å². The summed E-state index contributed by atoms with van der Waals surface area (Å²) in [5.74, 6) is -0.337. The quantitative estimate of drug-likeness (QED) is 0.897. The number of hydrogen-bond donors (Lipinski definition) is 1. The molecule has 0 bridgehead atoms. The summed E-state index contributed by atoms with van der Waals surface area (Å²) in [6.07, 6.45) is 0.494. The molecule has 0 aliphatic carbocycles. The molecular formula is C17H19ClN4O3. The Hall–Kier alpha value is -2.41. The average molecular weight is 363 g/mol. The summed E-state index contributed by atoms with van der Waals surface area (Å²) in [6.45, 7) is 3.89. The third-order valence-corrected chi connectivity index (χ3v) is 4.71. The smallest absolute Gasteiger partial charge is 0.328 e. The average Bonchev–Trinajstić information content (AvgIpc) is 2.93. The van der Waals surface area contributed by atoms with Crippen molar-refractivity contribution in [2.45, 2.75) is 39.4 Å². The Morgan fingerprint density at radius 2 is 2.16 bits per heavy atom. The number of carbonyl (C=O) groups is 2. The zero-order valence-corrected chi connectivity index (χ0v) is 14.8. The van der Waals surface area contributed by atoms with Gasteiger partial charge < -0.3 is 14.6 Å². The van der Waals surface area contributed by atoms with Gasteiger partial charge in [-0.15, -0.1) is 10.2 Å². The number of carboxylic acid groups (broad SMARTS) is 1. The largest absolute Gasteiger partial charge is 0.480 e. The van der Waals surface area contributed by atoms with Crippen LogP contribution in [0.5, 0.6) is 0 Å². The van der Waals surface area contributed by atoms with Crippen molar-refractivity contribution in [2.75, 3.05) is 0 Å². The van der Waals surface area contributed by atoms with Crippen LogP contribution in [0.15, 0.2) is 24.3 Å². The van der Waals surface area contributed by atoms with E-state index in [9.17, 15) is 14.7 Å². The fraction of sp³-hybridized carbons (Fsp3) is 0.412. The molecule has 2 atom stereocenters. The van der Waals surface area contributed by atoms with E-state index in [0.717, 1.165) is 5.56 Å². The number of aryl methyl sites for hydroxylation is 1. The summed E-state index contributed by atoms with van der Waals surface area (Å²) >= 11 is 5.99. The van der Waals surface area contributed by atoms with Gasteiger partial charge in [-0.05, 0) is 31.0 Å². The lowest BCUT2D eigenvalue weighted by Crippen LogP contribution is -2.52. The van der Waals surface area contributed by atoms with Crippen molar-refractivity contribution in [3.63, 3.8) is 0 Å². The van der Waals surface area contributed by atoms with Crippen LogP contribution < -0.4 is 0 Å². The fourth-order valence-electron chi connectivity index (χ4n) is 3.14. The Morgan fingerprint density at radius 1 is 1.40 bits per heavy atom. The number of rotatable bonds is 4. The van der Waals surface area contributed by atoms with Gasteiger partial charge in [0.1, 0.15) is 11.9 Å². The van der Waals surface area contributed by atoms with E-state index >= 15 is 0 Å². The van der Waals surface area contributed by atoms with E-state index < -0.39 is 12.0 Å². The van der Waals surface area contributed by atoms with Gasteiger partial charge in [-0.2, -0.15) is 0 Å². The molecule has 0 saturated carbocycles. The highest BCUT2D eigenvalue weighted by atomic mass is 35.5. The van der Waals surface area contributed by atoms with Crippen molar-refractivity contribution in [3.8, 4) is 0 Å². The molecule has 1 aromatic heterocycles.